The molecule has 0 unspecified atom stereocenters. The monoisotopic (exact) mass is 286 g/mol. The van der Waals surface area contributed by atoms with Crippen LogP contribution in [0.5, 0.6) is 0 Å². The molecule has 2 aromatic rings. The summed E-state index contributed by atoms with van der Waals surface area (Å²) in [7, 11) is 0. The van der Waals surface area contributed by atoms with Gasteiger partial charge in [0.15, 0.2) is 5.84 Å². The van der Waals surface area contributed by atoms with Crippen molar-refractivity contribution < 1.29 is 10.3 Å². The standard InChI is InChI=1S/C15H18N4O2/c16-15(18-21)14-10-13(6-7-17-14)19(8-9-20)11-12-4-2-1-3-5-12/h1-7,10,20-21H,8-9,11H2,(H2,16,18). The molecule has 0 saturated carbocycles. The van der Waals surface area contributed by atoms with Crippen LogP contribution in [0.4, 0.5) is 5.69 Å². The van der Waals surface area contributed by atoms with Crippen LogP contribution in [0.1, 0.15) is 11.3 Å². The van der Waals surface area contributed by atoms with Gasteiger partial charge in [0.1, 0.15) is 5.69 Å². The summed E-state index contributed by atoms with van der Waals surface area (Å²) in [6.45, 7) is 1.17. The molecule has 2 rings (SSSR count). The number of nitrogens with zero attached hydrogens (tertiary/aromatic N) is 3. The molecule has 110 valence electrons. The minimum atomic E-state index is -0.0412. The zero-order chi connectivity index (χ0) is 15.1. The molecule has 21 heavy (non-hydrogen) atoms. The Labute approximate surface area is 123 Å². The van der Waals surface area contributed by atoms with Gasteiger partial charge >= 0.3 is 0 Å². The third-order valence-electron chi connectivity index (χ3n) is 3.07. The number of aliphatic hydroxyl groups excluding tert-OH is 1. The normalized spacial score (nSPS) is 11.4. The summed E-state index contributed by atoms with van der Waals surface area (Å²) < 4.78 is 0. The van der Waals surface area contributed by atoms with Crippen LogP contribution in [0, 0.1) is 0 Å². The molecule has 0 aliphatic rings. The summed E-state index contributed by atoms with van der Waals surface area (Å²) >= 11 is 0. The van der Waals surface area contributed by atoms with Crippen LogP contribution in [0.2, 0.25) is 0 Å². The fraction of sp³-hybridized carbons (Fsp3) is 0.200. The maximum atomic E-state index is 9.25. The van der Waals surface area contributed by atoms with Crippen molar-refractivity contribution in [1.82, 2.24) is 4.98 Å². The summed E-state index contributed by atoms with van der Waals surface area (Å²) in [4.78, 5) is 6.06. The number of oxime groups is 1. The predicted molar refractivity (Wildman–Crippen MR) is 81.3 cm³/mol. The average molecular weight is 286 g/mol. The number of aliphatic hydroxyl groups is 1. The van der Waals surface area contributed by atoms with Gasteiger partial charge in [-0.3, -0.25) is 4.98 Å². The Balaban J connectivity index is 2.25. The van der Waals surface area contributed by atoms with Crippen LogP contribution in [0.3, 0.4) is 0 Å². The minimum Gasteiger partial charge on any atom is -0.409 e. The Bertz CT molecular complexity index is 602. The fourth-order valence-electron chi connectivity index (χ4n) is 2.03. The van der Waals surface area contributed by atoms with Crippen LogP contribution in [-0.4, -0.2) is 34.3 Å². The Morgan fingerprint density at radius 3 is 2.67 bits per heavy atom. The first-order valence-corrected chi connectivity index (χ1v) is 6.58. The molecular weight excluding hydrogens is 268 g/mol. The zero-order valence-corrected chi connectivity index (χ0v) is 11.6. The number of pyridine rings is 1. The molecule has 0 spiro atoms. The van der Waals surface area contributed by atoms with E-state index in [0.717, 1.165) is 11.3 Å². The maximum absolute atomic E-state index is 9.25. The molecule has 1 heterocycles. The number of benzene rings is 1. The van der Waals surface area contributed by atoms with Crippen LogP contribution in [-0.2, 0) is 6.54 Å². The van der Waals surface area contributed by atoms with E-state index in [-0.39, 0.29) is 12.4 Å². The van der Waals surface area contributed by atoms with Crippen molar-refractivity contribution in [2.75, 3.05) is 18.1 Å². The smallest absolute Gasteiger partial charge is 0.188 e. The van der Waals surface area contributed by atoms with Crippen LogP contribution < -0.4 is 10.6 Å². The second-order valence-corrected chi connectivity index (χ2v) is 4.52. The van der Waals surface area contributed by atoms with E-state index in [2.05, 4.69) is 10.1 Å². The first-order chi connectivity index (χ1) is 10.2. The van der Waals surface area contributed by atoms with E-state index < -0.39 is 0 Å². The van der Waals surface area contributed by atoms with E-state index in [0.29, 0.717) is 18.8 Å². The second-order valence-electron chi connectivity index (χ2n) is 4.52. The molecule has 0 aliphatic heterocycles. The van der Waals surface area contributed by atoms with E-state index in [1.165, 1.54) is 0 Å². The Morgan fingerprint density at radius 2 is 2.00 bits per heavy atom. The highest BCUT2D eigenvalue weighted by Gasteiger charge is 2.09. The lowest BCUT2D eigenvalue weighted by atomic mass is 10.2. The highest BCUT2D eigenvalue weighted by atomic mass is 16.4. The van der Waals surface area contributed by atoms with Gasteiger partial charge in [-0.25, -0.2) is 0 Å². The number of hydrogen-bond acceptors (Lipinski definition) is 5. The highest BCUT2D eigenvalue weighted by Crippen LogP contribution is 2.17. The van der Waals surface area contributed by atoms with E-state index in [9.17, 15) is 5.11 Å². The first-order valence-electron chi connectivity index (χ1n) is 6.58. The van der Waals surface area contributed by atoms with Gasteiger partial charge in [0.2, 0.25) is 0 Å². The molecule has 0 amide bonds. The molecule has 0 bridgehead atoms. The van der Waals surface area contributed by atoms with Crippen molar-refractivity contribution in [2.45, 2.75) is 6.54 Å². The molecule has 0 radical (unpaired) electrons. The number of aromatic nitrogens is 1. The highest BCUT2D eigenvalue weighted by molar-refractivity contribution is 5.95. The average Bonchev–Trinajstić information content (AvgIpc) is 2.55. The van der Waals surface area contributed by atoms with Gasteiger partial charge in [0.25, 0.3) is 0 Å². The lowest BCUT2D eigenvalue weighted by molar-refractivity contribution is 0.301. The molecule has 0 fully saturated rings. The number of amidine groups is 1. The molecule has 0 saturated heterocycles. The number of rotatable bonds is 6. The molecular formula is C15H18N4O2. The van der Waals surface area contributed by atoms with Gasteiger partial charge < -0.3 is 20.9 Å². The number of nitrogens with two attached hydrogens (primary N) is 1. The Morgan fingerprint density at radius 1 is 1.24 bits per heavy atom. The van der Waals surface area contributed by atoms with Crippen molar-refractivity contribution in [3.8, 4) is 0 Å². The molecule has 1 aromatic carbocycles. The molecule has 0 aliphatic carbocycles. The largest absolute Gasteiger partial charge is 0.409 e. The molecule has 6 nitrogen and oxygen atoms in total. The van der Waals surface area contributed by atoms with E-state index in [1.807, 2.05) is 41.3 Å². The van der Waals surface area contributed by atoms with Crippen molar-refractivity contribution in [3.05, 3.63) is 59.9 Å². The van der Waals surface area contributed by atoms with Crippen molar-refractivity contribution in [2.24, 2.45) is 10.9 Å². The van der Waals surface area contributed by atoms with Crippen molar-refractivity contribution >= 4 is 11.5 Å². The molecule has 4 N–H and O–H groups in total. The van der Waals surface area contributed by atoms with Gasteiger partial charge in [-0.05, 0) is 17.7 Å². The first kappa shape index (κ1) is 14.8. The van der Waals surface area contributed by atoms with E-state index in [4.69, 9.17) is 10.9 Å². The van der Waals surface area contributed by atoms with E-state index >= 15 is 0 Å². The van der Waals surface area contributed by atoms with Gasteiger partial charge in [0.05, 0.1) is 6.61 Å². The summed E-state index contributed by atoms with van der Waals surface area (Å²) in [5.41, 5.74) is 7.94. The van der Waals surface area contributed by atoms with Crippen molar-refractivity contribution in [1.29, 1.82) is 0 Å². The third-order valence-corrected chi connectivity index (χ3v) is 3.07. The summed E-state index contributed by atoms with van der Waals surface area (Å²) in [6.07, 6.45) is 1.60. The second kappa shape index (κ2) is 7.25. The van der Waals surface area contributed by atoms with Crippen molar-refractivity contribution in [3.63, 3.8) is 0 Å². The van der Waals surface area contributed by atoms with Gasteiger partial charge in [-0.15, -0.1) is 0 Å². The predicted octanol–water partition coefficient (Wildman–Crippen LogP) is 1.17. The quantitative estimate of drug-likeness (QED) is 0.321. The summed E-state index contributed by atoms with van der Waals surface area (Å²) in [5, 5.41) is 20.9. The summed E-state index contributed by atoms with van der Waals surface area (Å²) in [5.74, 6) is -0.0412. The van der Waals surface area contributed by atoms with E-state index in [1.54, 1.807) is 12.3 Å². The van der Waals surface area contributed by atoms with Crippen LogP contribution in [0.25, 0.3) is 0 Å². The topological polar surface area (TPSA) is 95.0 Å². The molecule has 1 aromatic heterocycles. The lowest BCUT2D eigenvalue weighted by Gasteiger charge is -2.24. The number of anilines is 1. The molecule has 6 heteroatoms. The van der Waals surface area contributed by atoms with Crippen LogP contribution >= 0.6 is 0 Å². The zero-order valence-electron chi connectivity index (χ0n) is 11.6. The Hall–Kier alpha value is -2.60. The third kappa shape index (κ3) is 3.93. The van der Waals surface area contributed by atoms with Gasteiger partial charge in [-0.2, -0.15) is 0 Å². The fourth-order valence-corrected chi connectivity index (χ4v) is 2.03. The Kier molecular flexibility index (Phi) is 5.11. The maximum Gasteiger partial charge on any atom is 0.188 e. The van der Waals surface area contributed by atoms with Gasteiger partial charge in [0, 0.05) is 25.0 Å². The SMILES string of the molecule is NC(=NO)c1cc(N(CCO)Cc2ccccc2)ccn1. The minimum absolute atomic E-state index is 0.0358. The summed E-state index contributed by atoms with van der Waals surface area (Å²) in [6, 6.07) is 13.5. The van der Waals surface area contributed by atoms with Crippen LogP contribution in [0.15, 0.2) is 53.8 Å². The van der Waals surface area contributed by atoms with Gasteiger partial charge in [-0.1, -0.05) is 35.5 Å². The number of hydrogen-bond donors (Lipinski definition) is 3. The lowest BCUT2D eigenvalue weighted by Crippen LogP contribution is -2.26. The molecule has 0 atom stereocenters.